The summed E-state index contributed by atoms with van der Waals surface area (Å²) >= 11 is 0. The number of hydrogen-bond donors (Lipinski definition) is 0. The molecule has 0 bridgehead atoms. The van der Waals surface area contributed by atoms with Crippen LogP contribution in [-0.4, -0.2) is 22.8 Å². The van der Waals surface area contributed by atoms with Crippen molar-refractivity contribution < 1.29 is 9.59 Å². The second-order valence-corrected chi connectivity index (χ2v) is 4.64. The van der Waals surface area contributed by atoms with E-state index in [9.17, 15) is 9.59 Å². The van der Waals surface area contributed by atoms with E-state index in [1.165, 1.54) is 4.90 Å². The number of carbonyl (C=O) groups excluding carboxylic acids is 2. The number of amides is 2. The first-order chi connectivity index (χ1) is 7.63. The van der Waals surface area contributed by atoms with E-state index in [1.54, 1.807) is 0 Å². The summed E-state index contributed by atoms with van der Waals surface area (Å²) in [7, 11) is 0. The first-order valence-corrected chi connectivity index (χ1v) is 6.50. The van der Waals surface area contributed by atoms with Gasteiger partial charge in [-0.3, -0.25) is 14.5 Å². The molecule has 0 spiro atoms. The minimum absolute atomic E-state index is 0.0126. The highest BCUT2D eigenvalue weighted by molar-refractivity contribution is 6.05. The number of likely N-dealkylation sites (tertiary alicyclic amines) is 1. The Morgan fingerprint density at radius 2 is 1.38 bits per heavy atom. The summed E-state index contributed by atoms with van der Waals surface area (Å²) in [5.41, 5.74) is 0. The summed E-state index contributed by atoms with van der Waals surface area (Å²) < 4.78 is 0. The molecule has 0 radical (unpaired) electrons. The molecule has 2 fully saturated rings. The third kappa shape index (κ3) is 2.13. The fraction of sp³-hybridized carbons (Fsp3) is 0.846. The number of carbonyl (C=O) groups is 2. The van der Waals surface area contributed by atoms with Gasteiger partial charge in [0.2, 0.25) is 11.8 Å². The van der Waals surface area contributed by atoms with E-state index in [1.807, 2.05) is 27.7 Å². The molecule has 1 heterocycles. The van der Waals surface area contributed by atoms with Crippen molar-refractivity contribution in [3.8, 4) is 0 Å². The van der Waals surface area contributed by atoms with E-state index >= 15 is 0 Å². The molecule has 2 atom stereocenters. The van der Waals surface area contributed by atoms with Gasteiger partial charge >= 0.3 is 0 Å². The molecule has 3 heteroatoms. The van der Waals surface area contributed by atoms with Crippen molar-refractivity contribution in [3.05, 3.63) is 0 Å². The zero-order chi connectivity index (χ0) is 12.3. The lowest BCUT2D eigenvalue weighted by molar-refractivity contribution is -0.141. The van der Waals surface area contributed by atoms with Crippen LogP contribution in [0.4, 0.5) is 0 Å². The fourth-order valence-corrected chi connectivity index (χ4v) is 2.70. The first-order valence-electron chi connectivity index (χ1n) is 6.50. The maximum Gasteiger partial charge on any atom is 0.233 e. The molecule has 2 aliphatic rings. The standard InChI is InChI=1S/C11H17NO2.C2H6/c1-7(2)12-10(13)8-5-3-4-6-9(8)11(12)14;1-2/h7-9H,3-6H2,1-2H3;1-2H3. The number of hydrogen-bond acceptors (Lipinski definition) is 2. The van der Waals surface area contributed by atoms with E-state index in [4.69, 9.17) is 0 Å². The van der Waals surface area contributed by atoms with Crippen LogP contribution >= 0.6 is 0 Å². The van der Waals surface area contributed by atoms with Crippen LogP contribution in [0.25, 0.3) is 0 Å². The highest BCUT2D eigenvalue weighted by atomic mass is 16.2. The van der Waals surface area contributed by atoms with Gasteiger partial charge in [0.15, 0.2) is 0 Å². The van der Waals surface area contributed by atoms with Gasteiger partial charge in [-0.2, -0.15) is 0 Å². The van der Waals surface area contributed by atoms with Crippen molar-refractivity contribution >= 4 is 11.8 Å². The predicted octanol–water partition coefficient (Wildman–Crippen LogP) is 2.60. The van der Waals surface area contributed by atoms with Crippen molar-refractivity contribution in [1.82, 2.24) is 4.90 Å². The molecular weight excluding hydrogens is 202 g/mol. The normalized spacial score (nSPS) is 28.9. The lowest BCUT2D eigenvalue weighted by Crippen LogP contribution is -2.37. The highest BCUT2D eigenvalue weighted by Crippen LogP contribution is 2.38. The Bertz CT molecular complexity index is 249. The molecule has 2 amide bonds. The van der Waals surface area contributed by atoms with Crippen LogP contribution in [0.2, 0.25) is 0 Å². The van der Waals surface area contributed by atoms with Gasteiger partial charge in [0.05, 0.1) is 11.8 Å². The van der Waals surface area contributed by atoms with Crippen molar-refractivity contribution in [2.45, 2.75) is 59.4 Å². The fourth-order valence-electron chi connectivity index (χ4n) is 2.70. The minimum Gasteiger partial charge on any atom is -0.280 e. The third-order valence-corrected chi connectivity index (χ3v) is 3.39. The minimum atomic E-state index is 0.0126. The molecule has 0 aromatic heterocycles. The Kier molecular flexibility index (Phi) is 4.51. The van der Waals surface area contributed by atoms with Crippen LogP contribution < -0.4 is 0 Å². The largest absolute Gasteiger partial charge is 0.280 e. The molecule has 3 nitrogen and oxygen atoms in total. The van der Waals surface area contributed by atoms with Crippen LogP contribution in [-0.2, 0) is 9.59 Å². The van der Waals surface area contributed by atoms with Gasteiger partial charge < -0.3 is 0 Å². The lowest BCUT2D eigenvalue weighted by atomic mass is 9.81. The Morgan fingerprint density at radius 3 is 1.69 bits per heavy atom. The molecule has 1 aliphatic heterocycles. The zero-order valence-electron chi connectivity index (χ0n) is 10.8. The second-order valence-electron chi connectivity index (χ2n) is 4.64. The van der Waals surface area contributed by atoms with Crippen LogP contribution in [0.1, 0.15) is 53.4 Å². The van der Waals surface area contributed by atoms with Crippen molar-refractivity contribution in [2.24, 2.45) is 11.8 Å². The van der Waals surface area contributed by atoms with E-state index < -0.39 is 0 Å². The SMILES string of the molecule is CC.CC(C)N1C(=O)C2CCCCC2C1=O. The summed E-state index contributed by atoms with van der Waals surface area (Å²) in [6, 6.07) is 0.0283. The Hall–Kier alpha value is -0.860. The van der Waals surface area contributed by atoms with E-state index in [0.29, 0.717) is 0 Å². The van der Waals surface area contributed by atoms with Gasteiger partial charge in [-0.15, -0.1) is 0 Å². The van der Waals surface area contributed by atoms with E-state index in [-0.39, 0.29) is 29.7 Å². The second kappa shape index (κ2) is 5.46. The smallest absolute Gasteiger partial charge is 0.233 e. The predicted molar refractivity (Wildman–Crippen MR) is 63.8 cm³/mol. The quantitative estimate of drug-likeness (QED) is 0.643. The number of imide groups is 1. The Balaban J connectivity index is 0.000000606. The van der Waals surface area contributed by atoms with Gasteiger partial charge in [-0.05, 0) is 26.7 Å². The summed E-state index contributed by atoms with van der Waals surface area (Å²) in [4.78, 5) is 25.3. The average Bonchev–Trinajstić information content (AvgIpc) is 2.55. The van der Waals surface area contributed by atoms with Crippen molar-refractivity contribution in [1.29, 1.82) is 0 Å². The Morgan fingerprint density at radius 1 is 1.00 bits per heavy atom. The monoisotopic (exact) mass is 225 g/mol. The van der Waals surface area contributed by atoms with Gasteiger partial charge in [0.25, 0.3) is 0 Å². The summed E-state index contributed by atoms with van der Waals surface area (Å²) in [5.74, 6) is 0.182. The maximum atomic E-state index is 11.9. The number of rotatable bonds is 1. The summed E-state index contributed by atoms with van der Waals surface area (Å²) in [5, 5.41) is 0. The molecule has 0 N–H and O–H groups in total. The Labute approximate surface area is 98.2 Å². The maximum absolute atomic E-state index is 11.9. The van der Waals surface area contributed by atoms with Gasteiger partial charge in [-0.1, -0.05) is 26.7 Å². The zero-order valence-corrected chi connectivity index (χ0v) is 10.8. The third-order valence-electron chi connectivity index (χ3n) is 3.39. The first kappa shape index (κ1) is 13.2. The molecule has 2 rings (SSSR count). The van der Waals surface area contributed by atoms with Crippen molar-refractivity contribution in [2.75, 3.05) is 0 Å². The number of nitrogens with zero attached hydrogens (tertiary/aromatic N) is 1. The molecular formula is C13H23NO2. The molecule has 1 aliphatic carbocycles. The average molecular weight is 225 g/mol. The van der Waals surface area contributed by atoms with Crippen LogP contribution in [0.15, 0.2) is 0 Å². The van der Waals surface area contributed by atoms with Crippen LogP contribution in [0, 0.1) is 11.8 Å². The summed E-state index contributed by atoms with van der Waals surface area (Å²) in [6.07, 6.45) is 4.04. The van der Waals surface area contributed by atoms with E-state index in [0.717, 1.165) is 25.7 Å². The molecule has 2 unspecified atom stereocenters. The lowest BCUT2D eigenvalue weighted by Gasteiger charge is -2.19. The van der Waals surface area contributed by atoms with Gasteiger partial charge in [0.1, 0.15) is 0 Å². The molecule has 1 saturated carbocycles. The number of fused-ring (bicyclic) bond motifs is 1. The van der Waals surface area contributed by atoms with E-state index in [2.05, 4.69) is 0 Å². The summed E-state index contributed by atoms with van der Waals surface area (Å²) in [6.45, 7) is 7.82. The molecule has 92 valence electrons. The van der Waals surface area contributed by atoms with Gasteiger partial charge in [0, 0.05) is 6.04 Å². The molecule has 1 saturated heterocycles. The highest BCUT2D eigenvalue weighted by Gasteiger charge is 2.48. The topological polar surface area (TPSA) is 37.4 Å². The molecule has 0 aromatic rings. The van der Waals surface area contributed by atoms with Crippen LogP contribution in [0.3, 0.4) is 0 Å². The van der Waals surface area contributed by atoms with Gasteiger partial charge in [-0.25, -0.2) is 0 Å². The molecule has 16 heavy (non-hydrogen) atoms. The van der Waals surface area contributed by atoms with Crippen LogP contribution in [0.5, 0.6) is 0 Å². The van der Waals surface area contributed by atoms with Crippen molar-refractivity contribution in [3.63, 3.8) is 0 Å². The molecule has 0 aromatic carbocycles.